The maximum atomic E-state index is 5.48. The lowest BCUT2D eigenvalue weighted by molar-refractivity contribution is 0.0195. The minimum atomic E-state index is 0.664. The van der Waals surface area contributed by atoms with E-state index in [9.17, 15) is 0 Å². The quantitative estimate of drug-likeness (QED) is 0.459. The number of nitrogens with zero attached hydrogens (tertiary/aromatic N) is 4. The number of guanidine groups is 1. The lowest BCUT2D eigenvalue weighted by Gasteiger charge is -2.33. The molecule has 6 nitrogen and oxygen atoms in total. The predicted octanol–water partition coefficient (Wildman–Crippen LogP) is 1.23. The Labute approximate surface area is 153 Å². The largest absolute Gasteiger partial charge is 0.379 e. The van der Waals surface area contributed by atoms with Crippen molar-refractivity contribution in [2.45, 2.75) is 51.1 Å². The van der Waals surface area contributed by atoms with Crippen molar-refractivity contribution >= 4 is 5.96 Å². The van der Waals surface area contributed by atoms with E-state index in [2.05, 4.69) is 31.9 Å². The number of piperidine rings is 1. The zero-order valence-corrected chi connectivity index (χ0v) is 16.3. The molecule has 0 aromatic heterocycles. The number of morpholine rings is 1. The van der Waals surface area contributed by atoms with Gasteiger partial charge < -0.3 is 19.9 Å². The number of nitrogens with one attached hydrogen (secondary N) is 1. The lowest BCUT2D eigenvalue weighted by Crippen LogP contribution is -2.47. The van der Waals surface area contributed by atoms with Gasteiger partial charge in [0.1, 0.15) is 0 Å². The van der Waals surface area contributed by atoms with Gasteiger partial charge in [-0.1, -0.05) is 6.42 Å². The average Bonchev–Trinajstić information content (AvgIpc) is 3.14. The van der Waals surface area contributed by atoms with Gasteiger partial charge in [-0.05, 0) is 39.2 Å². The van der Waals surface area contributed by atoms with Crippen LogP contribution in [0.15, 0.2) is 4.99 Å². The Morgan fingerprint density at radius 1 is 1.12 bits per heavy atom. The monoisotopic (exact) mass is 351 g/mol. The summed E-state index contributed by atoms with van der Waals surface area (Å²) < 4.78 is 5.48. The van der Waals surface area contributed by atoms with Gasteiger partial charge >= 0.3 is 0 Å². The molecule has 3 saturated heterocycles. The maximum Gasteiger partial charge on any atom is 0.193 e. The third-order valence-electron chi connectivity index (χ3n) is 6.08. The first kappa shape index (κ1) is 18.9. The molecule has 3 fully saturated rings. The minimum Gasteiger partial charge on any atom is -0.379 e. The molecule has 6 heteroatoms. The fourth-order valence-corrected chi connectivity index (χ4v) is 4.48. The maximum absolute atomic E-state index is 5.48. The van der Waals surface area contributed by atoms with Crippen LogP contribution in [0.3, 0.4) is 0 Å². The van der Waals surface area contributed by atoms with E-state index in [0.29, 0.717) is 6.04 Å². The van der Waals surface area contributed by atoms with E-state index in [4.69, 9.17) is 4.74 Å². The summed E-state index contributed by atoms with van der Waals surface area (Å²) in [7, 11) is 1.91. The zero-order valence-electron chi connectivity index (χ0n) is 16.3. The van der Waals surface area contributed by atoms with Crippen molar-refractivity contribution < 1.29 is 4.74 Å². The second kappa shape index (κ2) is 9.74. The first-order valence-corrected chi connectivity index (χ1v) is 10.3. The van der Waals surface area contributed by atoms with Crippen LogP contribution >= 0.6 is 0 Å². The lowest BCUT2D eigenvalue weighted by atomic mass is 10.0. The summed E-state index contributed by atoms with van der Waals surface area (Å²) in [4.78, 5) is 12.2. The van der Waals surface area contributed by atoms with Crippen LogP contribution in [0.25, 0.3) is 0 Å². The summed E-state index contributed by atoms with van der Waals surface area (Å²) >= 11 is 0. The zero-order chi connectivity index (χ0) is 17.5. The van der Waals surface area contributed by atoms with Crippen molar-refractivity contribution in [2.75, 3.05) is 66.1 Å². The number of aliphatic imine (C=N–C) groups is 1. The van der Waals surface area contributed by atoms with Gasteiger partial charge in [0.15, 0.2) is 5.96 Å². The molecule has 0 amide bonds. The fraction of sp³-hybridized carbons (Fsp3) is 0.947. The van der Waals surface area contributed by atoms with Crippen LogP contribution in [0.1, 0.15) is 39.0 Å². The van der Waals surface area contributed by atoms with Gasteiger partial charge in [-0.2, -0.15) is 0 Å². The molecule has 0 saturated carbocycles. The fourth-order valence-electron chi connectivity index (χ4n) is 4.48. The van der Waals surface area contributed by atoms with Crippen LogP contribution in [0.2, 0.25) is 0 Å². The summed E-state index contributed by atoms with van der Waals surface area (Å²) in [5.74, 6) is 1.09. The van der Waals surface area contributed by atoms with Crippen molar-refractivity contribution in [1.29, 1.82) is 0 Å². The molecular formula is C19H37N5O. The molecule has 3 aliphatic rings. The van der Waals surface area contributed by atoms with E-state index in [1.54, 1.807) is 0 Å². The first-order valence-electron chi connectivity index (χ1n) is 10.3. The van der Waals surface area contributed by atoms with E-state index in [1.165, 1.54) is 45.2 Å². The summed E-state index contributed by atoms with van der Waals surface area (Å²) in [6.07, 6.45) is 6.58. The normalized spacial score (nSPS) is 30.0. The van der Waals surface area contributed by atoms with E-state index in [-0.39, 0.29) is 0 Å². The highest BCUT2D eigenvalue weighted by molar-refractivity contribution is 5.80. The van der Waals surface area contributed by atoms with E-state index in [1.807, 2.05) is 7.05 Å². The Kier molecular flexibility index (Phi) is 7.37. The number of likely N-dealkylation sites (tertiary alicyclic amines) is 2. The molecular weight excluding hydrogens is 314 g/mol. The van der Waals surface area contributed by atoms with Gasteiger partial charge in [-0.25, -0.2) is 0 Å². The van der Waals surface area contributed by atoms with E-state index in [0.717, 1.165) is 57.9 Å². The molecule has 144 valence electrons. The van der Waals surface area contributed by atoms with Crippen molar-refractivity contribution in [3.63, 3.8) is 0 Å². The highest BCUT2D eigenvalue weighted by Crippen LogP contribution is 2.18. The van der Waals surface area contributed by atoms with Crippen molar-refractivity contribution in [2.24, 2.45) is 4.99 Å². The van der Waals surface area contributed by atoms with E-state index < -0.39 is 0 Å². The third kappa shape index (κ3) is 5.31. The van der Waals surface area contributed by atoms with Crippen LogP contribution in [0.4, 0.5) is 0 Å². The Morgan fingerprint density at radius 3 is 2.72 bits per heavy atom. The number of hydrogen-bond acceptors (Lipinski definition) is 4. The van der Waals surface area contributed by atoms with Gasteiger partial charge in [-0.15, -0.1) is 0 Å². The van der Waals surface area contributed by atoms with Crippen molar-refractivity contribution in [3.8, 4) is 0 Å². The SMILES string of the molecule is CN=C(NCCCN1CCCCC1C)N1CCC(N2CCOCC2)C1. The minimum absolute atomic E-state index is 0.664. The van der Waals surface area contributed by atoms with Crippen LogP contribution < -0.4 is 5.32 Å². The van der Waals surface area contributed by atoms with Gasteiger partial charge in [0.05, 0.1) is 13.2 Å². The smallest absolute Gasteiger partial charge is 0.193 e. The molecule has 2 atom stereocenters. The highest BCUT2D eigenvalue weighted by atomic mass is 16.5. The molecule has 0 radical (unpaired) electrons. The van der Waals surface area contributed by atoms with E-state index >= 15 is 0 Å². The number of ether oxygens (including phenoxy) is 1. The van der Waals surface area contributed by atoms with Gasteiger partial charge in [0.2, 0.25) is 0 Å². The summed E-state index contributed by atoms with van der Waals surface area (Å²) in [6, 6.07) is 1.43. The van der Waals surface area contributed by atoms with Crippen molar-refractivity contribution in [1.82, 2.24) is 20.0 Å². The van der Waals surface area contributed by atoms with Crippen LogP contribution in [0, 0.1) is 0 Å². The topological polar surface area (TPSA) is 43.3 Å². The predicted molar refractivity (Wildman–Crippen MR) is 103 cm³/mol. The Bertz CT molecular complexity index is 424. The third-order valence-corrected chi connectivity index (χ3v) is 6.08. The molecule has 3 heterocycles. The molecule has 2 unspecified atom stereocenters. The van der Waals surface area contributed by atoms with Gasteiger partial charge in [0.25, 0.3) is 0 Å². The molecule has 0 bridgehead atoms. The van der Waals surface area contributed by atoms with Crippen molar-refractivity contribution in [3.05, 3.63) is 0 Å². The second-order valence-corrected chi connectivity index (χ2v) is 7.75. The molecule has 0 aromatic carbocycles. The molecule has 3 rings (SSSR count). The Hall–Kier alpha value is -0.850. The summed E-state index contributed by atoms with van der Waals surface area (Å²) in [6.45, 7) is 12.0. The first-order chi connectivity index (χ1) is 12.3. The molecule has 0 spiro atoms. The summed E-state index contributed by atoms with van der Waals surface area (Å²) in [5.41, 5.74) is 0. The molecule has 0 aromatic rings. The standard InChI is InChI=1S/C19H37N5O/c1-17-6-3-4-9-22(17)10-5-8-21-19(20-2)24-11-7-18(16-24)23-12-14-25-15-13-23/h17-18H,3-16H2,1-2H3,(H,20,21). The molecule has 25 heavy (non-hydrogen) atoms. The molecule has 1 N–H and O–H groups in total. The van der Waals surface area contributed by atoms with Crippen LogP contribution in [0.5, 0.6) is 0 Å². The highest BCUT2D eigenvalue weighted by Gasteiger charge is 2.30. The Morgan fingerprint density at radius 2 is 1.96 bits per heavy atom. The number of hydrogen-bond donors (Lipinski definition) is 1. The van der Waals surface area contributed by atoms with Crippen LogP contribution in [-0.4, -0.2) is 98.8 Å². The average molecular weight is 352 g/mol. The van der Waals surface area contributed by atoms with Gasteiger partial charge in [-0.3, -0.25) is 9.89 Å². The van der Waals surface area contributed by atoms with Crippen LogP contribution in [-0.2, 0) is 4.74 Å². The molecule has 3 aliphatic heterocycles. The molecule has 0 aliphatic carbocycles. The Balaban J connectivity index is 1.36. The second-order valence-electron chi connectivity index (χ2n) is 7.75. The summed E-state index contributed by atoms with van der Waals surface area (Å²) in [5, 5.41) is 3.60. The number of rotatable bonds is 5. The van der Waals surface area contributed by atoms with Gasteiger partial charge in [0, 0.05) is 58.4 Å².